The molecular formula is C19H25ClN4O2. The topological polar surface area (TPSA) is 77.5 Å². The third-order valence-electron chi connectivity index (χ3n) is 4.70. The quantitative estimate of drug-likeness (QED) is 0.405. The molecule has 0 aromatic heterocycles. The summed E-state index contributed by atoms with van der Waals surface area (Å²) in [5.41, 5.74) is 1.15. The highest BCUT2D eigenvalue weighted by molar-refractivity contribution is 6.31. The standard InChI is InChI=1S/C19H25ClN4O2/c20-14-4-3-5-15(12-14)23-19(25)18(26-16-6-1-2-7-16)17(13-21)24-10-8-22-9-11-24/h3-5,12-13,16,21-22H,1-2,6-11H2,(H,23,25). The molecular weight excluding hydrogens is 352 g/mol. The number of ether oxygens (including phenoxy) is 1. The van der Waals surface area contributed by atoms with Crippen molar-refractivity contribution in [2.45, 2.75) is 31.8 Å². The van der Waals surface area contributed by atoms with Crippen LogP contribution in [0.25, 0.3) is 0 Å². The van der Waals surface area contributed by atoms with Gasteiger partial charge in [-0.3, -0.25) is 4.79 Å². The predicted octanol–water partition coefficient (Wildman–Crippen LogP) is 3.00. The number of rotatable bonds is 6. The predicted molar refractivity (Wildman–Crippen MR) is 104 cm³/mol. The van der Waals surface area contributed by atoms with Crippen LogP contribution in [0.15, 0.2) is 35.7 Å². The monoisotopic (exact) mass is 376 g/mol. The van der Waals surface area contributed by atoms with Crippen LogP contribution < -0.4 is 10.6 Å². The third-order valence-corrected chi connectivity index (χ3v) is 4.94. The molecule has 2 fully saturated rings. The average molecular weight is 377 g/mol. The molecule has 1 heterocycles. The minimum atomic E-state index is -0.337. The van der Waals surface area contributed by atoms with Crippen molar-refractivity contribution < 1.29 is 9.53 Å². The fraction of sp³-hybridized carbons (Fsp3) is 0.474. The van der Waals surface area contributed by atoms with E-state index in [2.05, 4.69) is 10.6 Å². The van der Waals surface area contributed by atoms with E-state index in [4.69, 9.17) is 21.7 Å². The number of amides is 1. The number of carbonyl (C=O) groups is 1. The molecule has 0 unspecified atom stereocenters. The Bertz CT molecular complexity index is 680. The van der Waals surface area contributed by atoms with Gasteiger partial charge in [0.2, 0.25) is 5.76 Å². The second-order valence-corrected chi connectivity index (χ2v) is 7.02. The molecule has 1 saturated carbocycles. The van der Waals surface area contributed by atoms with E-state index >= 15 is 0 Å². The Morgan fingerprint density at radius 2 is 2.04 bits per heavy atom. The first-order valence-electron chi connectivity index (χ1n) is 9.11. The number of carbonyl (C=O) groups excluding carboxylic acids is 1. The largest absolute Gasteiger partial charge is 0.483 e. The molecule has 0 spiro atoms. The highest BCUT2D eigenvalue weighted by Crippen LogP contribution is 2.26. The molecule has 2 aliphatic rings. The SMILES string of the molecule is N=CC(=C(OC1CCCC1)C(=O)Nc1cccc(Cl)c1)N1CCNCC1. The number of halogens is 1. The van der Waals surface area contributed by atoms with Crippen LogP contribution in [0, 0.1) is 5.41 Å². The van der Waals surface area contributed by atoms with Crippen LogP contribution >= 0.6 is 11.6 Å². The van der Waals surface area contributed by atoms with Crippen LogP contribution in [0.2, 0.25) is 5.02 Å². The lowest BCUT2D eigenvalue weighted by molar-refractivity contribution is -0.117. The molecule has 140 valence electrons. The zero-order valence-corrected chi connectivity index (χ0v) is 15.5. The second-order valence-electron chi connectivity index (χ2n) is 6.58. The first-order chi connectivity index (χ1) is 12.7. The normalized spacial score (nSPS) is 19.0. The summed E-state index contributed by atoms with van der Waals surface area (Å²) in [6.45, 7) is 3.13. The van der Waals surface area contributed by atoms with E-state index < -0.39 is 0 Å². The molecule has 1 aliphatic carbocycles. The fourth-order valence-electron chi connectivity index (χ4n) is 3.36. The Hall–Kier alpha value is -2.05. The van der Waals surface area contributed by atoms with E-state index in [9.17, 15) is 4.79 Å². The molecule has 7 heteroatoms. The van der Waals surface area contributed by atoms with Crippen LogP contribution in [-0.4, -0.2) is 49.3 Å². The van der Waals surface area contributed by atoms with Gasteiger partial charge >= 0.3 is 0 Å². The summed E-state index contributed by atoms with van der Waals surface area (Å²) >= 11 is 6.01. The molecule has 0 radical (unpaired) electrons. The highest BCUT2D eigenvalue weighted by Gasteiger charge is 2.27. The Balaban J connectivity index is 1.86. The molecule has 1 saturated heterocycles. The van der Waals surface area contributed by atoms with Gasteiger partial charge in [0.05, 0.1) is 6.10 Å². The molecule has 3 N–H and O–H groups in total. The number of benzene rings is 1. The number of anilines is 1. The smallest absolute Gasteiger partial charge is 0.293 e. The van der Waals surface area contributed by atoms with Crippen LogP contribution in [0.5, 0.6) is 0 Å². The van der Waals surface area contributed by atoms with Gasteiger partial charge in [0.1, 0.15) is 5.70 Å². The average Bonchev–Trinajstić information content (AvgIpc) is 3.15. The van der Waals surface area contributed by atoms with Gasteiger partial charge in [-0.2, -0.15) is 0 Å². The molecule has 0 bridgehead atoms. The van der Waals surface area contributed by atoms with Crippen LogP contribution in [0.4, 0.5) is 5.69 Å². The maximum absolute atomic E-state index is 13.0. The number of hydrogen-bond acceptors (Lipinski definition) is 5. The van der Waals surface area contributed by atoms with Crippen molar-refractivity contribution >= 4 is 29.4 Å². The van der Waals surface area contributed by atoms with Crippen molar-refractivity contribution in [1.29, 1.82) is 5.41 Å². The second kappa shape index (κ2) is 9.05. The Labute approximate surface area is 159 Å². The third kappa shape index (κ3) is 4.77. The molecule has 1 aliphatic heterocycles. The molecule has 0 atom stereocenters. The number of piperazine rings is 1. The van der Waals surface area contributed by atoms with Crippen molar-refractivity contribution in [1.82, 2.24) is 10.2 Å². The Morgan fingerprint density at radius 3 is 2.69 bits per heavy atom. The summed E-state index contributed by atoms with van der Waals surface area (Å²) in [4.78, 5) is 15.0. The maximum Gasteiger partial charge on any atom is 0.293 e. The summed E-state index contributed by atoms with van der Waals surface area (Å²) in [6, 6.07) is 7.02. The minimum Gasteiger partial charge on any atom is -0.483 e. The minimum absolute atomic E-state index is 0.0352. The van der Waals surface area contributed by atoms with Gasteiger partial charge in [-0.05, 0) is 43.9 Å². The number of nitrogens with one attached hydrogen (secondary N) is 3. The van der Waals surface area contributed by atoms with E-state index in [1.54, 1.807) is 24.3 Å². The maximum atomic E-state index is 13.0. The van der Waals surface area contributed by atoms with E-state index in [1.807, 2.05) is 4.90 Å². The van der Waals surface area contributed by atoms with Crippen molar-refractivity contribution in [3.63, 3.8) is 0 Å². The van der Waals surface area contributed by atoms with Gasteiger partial charge in [-0.25, -0.2) is 0 Å². The van der Waals surface area contributed by atoms with E-state index in [0.29, 0.717) is 16.4 Å². The zero-order chi connectivity index (χ0) is 18.4. The summed E-state index contributed by atoms with van der Waals surface area (Å²) in [5.74, 6) is -0.107. The lowest BCUT2D eigenvalue weighted by Crippen LogP contribution is -2.44. The fourth-order valence-corrected chi connectivity index (χ4v) is 3.55. The van der Waals surface area contributed by atoms with Crippen LogP contribution in [0.1, 0.15) is 25.7 Å². The van der Waals surface area contributed by atoms with E-state index in [1.165, 1.54) is 6.21 Å². The molecule has 1 aromatic rings. The van der Waals surface area contributed by atoms with Crippen molar-refractivity contribution in [3.05, 3.63) is 40.7 Å². The zero-order valence-electron chi connectivity index (χ0n) is 14.8. The summed E-state index contributed by atoms with van der Waals surface area (Å²) in [5, 5.41) is 14.6. The highest BCUT2D eigenvalue weighted by atomic mass is 35.5. The summed E-state index contributed by atoms with van der Waals surface area (Å²) < 4.78 is 6.10. The van der Waals surface area contributed by atoms with Gasteiger partial charge < -0.3 is 25.7 Å². The van der Waals surface area contributed by atoms with Crippen molar-refractivity contribution in [2.75, 3.05) is 31.5 Å². The first-order valence-corrected chi connectivity index (χ1v) is 9.49. The molecule has 3 rings (SSSR count). The van der Waals surface area contributed by atoms with Crippen molar-refractivity contribution in [2.24, 2.45) is 0 Å². The number of nitrogens with zero attached hydrogens (tertiary/aromatic N) is 1. The van der Waals surface area contributed by atoms with Gasteiger partial charge in [-0.1, -0.05) is 17.7 Å². The van der Waals surface area contributed by atoms with E-state index in [-0.39, 0.29) is 17.8 Å². The van der Waals surface area contributed by atoms with Crippen molar-refractivity contribution in [3.8, 4) is 0 Å². The first kappa shape index (κ1) is 18.7. The van der Waals surface area contributed by atoms with Gasteiger partial charge in [-0.15, -0.1) is 0 Å². The van der Waals surface area contributed by atoms with Crippen LogP contribution in [0.3, 0.4) is 0 Å². The lowest BCUT2D eigenvalue weighted by atomic mass is 10.2. The Kier molecular flexibility index (Phi) is 6.52. The summed E-state index contributed by atoms with van der Waals surface area (Å²) in [6.07, 6.45) is 5.38. The van der Waals surface area contributed by atoms with Gasteiger partial charge in [0.15, 0.2) is 0 Å². The Morgan fingerprint density at radius 1 is 1.31 bits per heavy atom. The van der Waals surface area contributed by atoms with Gasteiger partial charge in [0.25, 0.3) is 5.91 Å². The number of allylic oxidation sites excluding steroid dienone is 1. The molecule has 6 nitrogen and oxygen atoms in total. The molecule has 26 heavy (non-hydrogen) atoms. The van der Waals surface area contributed by atoms with E-state index in [0.717, 1.165) is 51.9 Å². The summed E-state index contributed by atoms with van der Waals surface area (Å²) in [7, 11) is 0. The molecule has 1 amide bonds. The lowest BCUT2D eigenvalue weighted by Gasteiger charge is -2.31. The number of hydrogen-bond donors (Lipinski definition) is 3. The molecule has 1 aromatic carbocycles. The van der Waals surface area contributed by atoms with Crippen LogP contribution in [-0.2, 0) is 9.53 Å². The van der Waals surface area contributed by atoms with Gasteiger partial charge in [0, 0.05) is 43.1 Å².